The van der Waals surface area contributed by atoms with Crippen molar-refractivity contribution in [2.45, 2.75) is 25.3 Å². The van der Waals surface area contributed by atoms with Gasteiger partial charge in [-0.15, -0.1) is 11.3 Å². The number of benzene rings is 2. The van der Waals surface area contributed by atoms with Gasteiger partial charge in [-0.05, 0) is 37.1 Å². The fourth-order valence-electron chi connectivity index (χ4n) is 3.94. The molecule has 0 bridgehead atoms. The topological polar surface area (TPSA) is 80.8 Å². The predicted octanol–water partition coefficient (Wildman–Crippen LogP) is 4.32. The lowest BCUT2D eigenvalue weighted by molar-refractivity contribution is -0.131. The Morgan fingerprint density at radius 3 is 2.72 bits per heavy atom. The van der Waals surface area contributed by atoms with Gasteiger partial charge in [0.1, 0.15) is 11.5 Å². The molecule has 0 saturated carbocycles. The zero-order valence-corrected chi connectivity index (χ0v) is 18.9. The van der Waals surface area contributed by atoms with Crippen molar-refractivity contribution in [3.63, 3.8) is 0 Å². The molecule has 2 amide bonds. The van der Waals surface area contributed by atoms with E-state index in [1.165, 1.54) is 11.3 Å². The summed E-state index contributed by atoms with van der Waals surface area (Å²) in [6.07, 6.45) is 2.00. The first-order valence-corrected chi connectivity index (χ1v) is 11.3. The Morgan fingerprint density at radius 1 is 1.16 bits per heavy atom. The van der Waals surface area contributed by atoms with Gasteiger partial charge in [0.25, 0.3) is 5.91 Å². The molecule has 1 atom stereocenters. The Labute approximate surface area is 191 Å². The van der Waals surface area contributed by atoms with Crippen molar-refractivity contribution >= 4 is 28.3 Å². The van der Waals surface area contributed by atoms with E-state index in [4.69, 9.17) is 9.47 Å². The lowest BCUT2D eigenvalue weighted by Gasteiger charge is -2.26. The van der Waals surface area contributed by atoms with Gasteiger partial charge >= 0.3 is 0 Å². The maximum atomic E-state index is 13.1. The monoisotopic (exact) mass is 451 g/mol. The molecule has 0 aliphatic carbocycles. The third-order valence-corrected chi connectivity index (χ3v) is 6.32. The minimum Gasteiger partial charge on any atom is -0.497 e. The van der Waals surface area contributed by atoms with Gasteiger partial charge in [-0.1, -0.05) is 18.2 Å². The molecule has 0 radical (unpaired) electrons. The van der Waals surface area contributed by atoms with Gasteiger partial charge in [-0.3, -0.25) is 14.9 Å². The maximum absolute atomic E-state index is 13.1. The number of amides is 2. The van der Waals surface area contributed by atoms with Crippen molar-refractivity contribution in [3.05, 3.63) is 70.7 Å². The average molecular weight is 452 g/mol. The van der Waals surface area contributed by atoms with Gasteiger partial charge in [0.15, 0.2) is 5.13 Å². The molecular weight excluding hydrogens is 426 g/mol. The van der Waals surface area contributed by atoms with Gasteiger partial charge < -0.3 is 14.4 Å². The van der Waals surface area contributed by atoms with E-state index in [0.717, 1.165) is 18.4 Å². The van der Waals surface area contributed by atoms with E-state index >= 15 is 0 Å². The normalized spacial score (nSPS) is 15.4. The zero-order valence-electron chi connectivity index (χ0n) is 18.0. The molecule has 2 heterocycles. The third-order valence-electron chi connectivity index (χ3n) is 5.51. The number of nitrogens with zero attached hydrogens (tertiary/aromatic N) is 2. The lowest BCUT2D eigenvalue weighted by atomic mass is 10.0. The molecule has 1 aliphatic rings. The van der Waals surface area contributed by atoms with Crippen LogP contribution < -0.4 is 14.8 Å². The minimum absolute atomic E-state index is 0.0107. The van der Waals surface area contributed by atoms with E-state index < -0.39 is 0 Å². The molecule has 166 valence electrons. The standard InChI is InChI=1S/C24H25N3O4S/c1-30-18-10-11-19(21(14-18)31-2)20-9-6-12-27(20)22(28)13-17-15-32-24(25-17)26-23(29)16-7-4-3-5-8-16/h3-5,7-8,10-11,14-15,20H,6,9,12-13H2,1-2H3,(H,25,26,29). The van der Waals surface area contributed by atoms with Crippen LogP contribution >= 0.6 is 11.3 Å². The molecule has 2 aromatic carbocycles. The number of methoxy groups -OCH3 is 2. The van der Waals surface area contributed by atoms with Gasteiger partial charge in [-0.2, -0.15) is 0 Å². The molecule has 4 rings (SSSR count). The van der Waals surface area contributed by atoms with Crippen molar-refractivity contribution in [1.29, 1.82) is 0 Å². The molecular formula is C24H25N3O4S. The molecule has 1 aromatic heterocycles. The Hall–Kier alpha value is -3.39. The largest absolute Gasteiger partial charge is 0.497 e. The molecule has 1 fully saturated rings. The Kier molecular flexibility index (Phi) is 6.70. The number of nitrogens with one attached hydrogen (secondary N) is 1. The quantitative estimate of drug-likeness (QED) is 0.579. The summed E-state index contributed by atoms with van der Waals surface area (Å²) in [4.78, 5) is 31.8. The van der Waals surface area contributed by atoms with Crippen LogP contribution in [0.15, 0.2) is 53.9 Å². The molecule has 1 aliphatic heterocycles. The molecule has 32 heavy (non-hydrogen) atoms. The van der Waals surface area contributed by atoms with Crippen LogP contribution in [0.1, 0.15) is 40.5 Å². The van der Waals surface area contributed by atoms with Crippen LogP contribution in [0, 0.1) is 0 Å². The minimum atomic E-state index is -0.218. The second-order valence-corrected chi connectivity index (χ2v) is 8.35. The van der Waals surface area contributed by atoms with Crippen molar-refractivity contribution in [2.75, 3.05) is 26.1 Å². The first kappa shape index (κ1) is 21.8. The van der Waals surface area contributed by atoms with E-state index in [-0.39, 0.29) is 24.3 Å². The number of carbonyl (C=O) groups excluding carboxylic acids is 2. The van der Waals surface area contributed by atoms with E-state index in [1.54, 1.807) is 26.4 Å². The zero-order chi connectivity index (χ0) is 22.5. The Bertz CT molecular complexity index is 1100. The fraction of sp³-hybridized carbons (Fsp3) is 0.292. The summed E-state index contributed by atoms with van der Waals surface area (Å²) in [6.45, 7) is 0.695. The molecule has 7 nitrogen and oxygen atoms in total. The summed E-state index contributed by atoms with van der Waals surface area (Å²) in [5.41, 5.74) is 2.19. The highest BCUT2D eigenvalue weighted by Crippen LogP contribution is 2.39. The van der Waals surface area contributed by atoms with Crippen LogP contribution in [-0.4, -0.2) is 42.5 Å². The van der Waals surface area contributed by atoms with Crippen LogP contribution in [0.2, 0.25) is 0 Å². The fourth-order valence-corrected chi connectivity index (χ4v) is 4.65. The molecule has 8 heteroatoms. The lowest BCUT2D eigenvalue weighted by Crippen LogP contribution is -2.32. The summed E-state index contributed by atoms with van der Waals surface area (Å²) in [6, 6.07) is 14.6. The molecule has 1 saturated heterocycles. The second kappa shape index (κ2) is 9.82. The van der Waals surface area contributed by atoms with Gasteiger partial charge in [-0.25, -0.2) is 4.98 Å². The number of anilines is 1. The average Bonchev–Trinajstić information content (AvgIpc) is 3.48. The number of ether oxygens (including phenoxy) is 2. The molecule has 1 N–H and O–H groups in total. The van der Waals surface area contributed by atoms with E-state index in [0.29, 0.717) is 34.4 Å². The van der Waals surface area contributed by atoms with Crippen molar-refractivity contribution in [1.82, 2.24) is 9.88 Å². The van der Waals surface area contributed by atoms with Crippen molar-refractivity contribution < 1.29 is 19.1 Å². The number of thiazole rings is 1. The SMILES string of the molecule is COc1ccc(C2CCCN2C(=O)Cc2csc(NC(=O)c3ccccc3)n2)c(OC)c1. The van der Waals surface area contributed by atoms with E-state index in [1.807, 2.05) is 46.7 Å². The first-order valence-electron chi connectivity index (χ1n) is 10.4. The van der Waals surface area contributed by atoms with Crippen LogP contribution in [0.5, 0.6) is 11.5 Å². The summed E-state index contributed by atoms with van der Waals surface area (Å²) in [7, 11) is 3.24. The summed E-state index contributed by atoms with van der Waals surface area (Å²) in [5, 5.41) is 5.10. The highest BCUT2D eigenvalue weighted by molar-refractivity contribution is 7.14. The summed E-state index contributed by atoms with van der Waals surface area (Å²) < 4.78 is 10.8. The Balaban J connectivity index is 1.43. The van der Waals surface area contributed by atoms with Crippen LogP contribution in [0.4, 0.5) is 5.13 Å². The number of hydrogen-bond donors (Lipinski definition) is 1. The first-order chi connectivity index (χ1) is 15.6. The Morgan fingerprint density at radius 2 is 1.97 bits per heavy atom. The van der Waals surface area contributed by atoms with Crippen molar-refractivity contribution in [2.24, 2.45) is 0 Å². The highest BCUT2D eigenvalue weighted by atomic mass is 32.1. The smallest absolute Gasteiger partial charge is 0.257 e. The number of rotatable bonds is 7. The van der Waals surface area contributed by atoms with E-state index in [9.17, 15) is 9.59 Å². The third kappa shape index (κ3) is 4.75. The number of likely N-dealkylation sites (tertiary alicyclic amines) is 1. The van der Waals surface area contributed by atoms with Crippen LogP contribution in [-0.2, 0) is 11.2 Å². The molecule has 1 unspecified atom stereocenters. The summed E-state index contributed by atoms with van der Waals surface area (Å²) in [5.74, 6) is 1.23. The van der Waals surface area contributed by atoms with E-state index in [2.05, 4.69) is 10.3 Å². The second-order valence-electron chi connectivity index (χ2n) is 7.49. The van der Waals surface area contributed by atoms with Gasteiger partial charge in [0, 0.05) is 29.1 Å². The highest BCUT2D eigenvalue weighted by Gasteiger charge is 2.32. The van der Waals surface area contributed by atoms with Crippen LogP contribution in [0.3, 0.4) is 0 Å². The molecule has 3 aromatic rings. The number of hydrogen-bond acceptors (Lipinski definition) is 6. The predicted molar refractivity (Wildman–Crippen MR) is 123 cm³/mol. The number of carbonyl (C=O) groups is 2. The maximum Gasteiger partial charge on any atom is 0.257 e. The molecule has 0 spiro atoms. The van der Waals surface area contributed by atoms with Crippen LogP contribution in [0.25, 0.3) is 0 Å². The van der Waals surface area contributed by atoms with Gasteiger partial charge in [0.05, 0.1) is 32.4 Å². The van der Waals surface area contributed by atoms with Crippen molar-refractivity contribution in [3.8, 4) is 11.5 Å². The summed E-state index contributed by atoms with van der Waals surface area (Å²) >= 11 is 1.32. The number of aromatic nitrogens is 1. The van der Waals surface area contributed by atoms with Gasteiger partial charge in [0.2, 0.25) is 5.91 Å².